The topological polar surface area (TPSA) is 81.0 Å². The molecule has 0 saturated carbocycles. The fourth-order valence-electron chi connectivity index (χ4n) is 2.02. The van der Waals surface area contributed by atoms with Crippen LogP contribution in [0.2, 0.25) is 0 Å². The van der Waals surface area contributed by atoms with E-state index in [1.165, 1.54) is 6.07 Å². The second kappa shape index (κ2) is 5.54. The van der Waals surface area contributed by atoms with E-state index in [9.17, 15) is 10.1 Å². The SMILES string of the molecule is Cc1ccc([N+](=O)[O-])c(NC(C)c2sc(C)nc2C)n1. The molecular formula is C13H16N4O2S. The van der Waals surface area contributed by atoms with Crippen LogP contribution in [0.5, 0.6) is 0 Å². The van der Waals surface area contributed by atoms with Gasteiger partial charge in [0, 0.05) is 16.6 Å². The lowest BCUT2D eigenvalue weighted by Crippen LogP contribution is -2.10. The summed E-state index contributed by atoms with van der Waals surface area (Å²) in [6.07, 6.45) is 0. The third-order valence-corrected chi connectivity index (χ3v) is 4.15. The molecule has 0 saturated heterocycles. The quantitative estimate of drug-likeness (QED) is 0.688. The van der Waals surface area contributed by atoms with Gasteiger partial charge in [0.05, 0.1) is 21.7 Å². The zero-order chi connectivity index (χ0) is 14.9. The molecule has 7 heteroatoms. The molecular weight excluding hydrogens is 276 g/mol. The molecule has 1 atom stereocenters. The second-order valence-corrected chi connectivity index (χ2v) is 5.86. The summed E-state index contributed by atoms with van der Waals surface area (Å²) < 4.78 is 0. The van der Waals surface area contributed by atoms with Crippen molar-refractivity contribution >= 4 is 22.8 Å². The van der Waals surface area contributed by atoms with Gasteiger partial charge in [-0.3, -0.25) is 10.1 Å². The van der Waals surface area contributed by atoms with Gasteiger partial charge in [-0.1, -0.05) is 0 Å². The Bertz CT molecular complexity index is 654. The zero-order valence-electron chi connectivity index (χ0n) is 11.8. The van der Waals surface area contributed by atoms with Crippen LogP contribution >= 0.6 is 11.3 Å². The predicted molar refractivity (Wildman–Crippen MR) is 79.3 cm³/mol. The Balaban J connectivity index is 2.32. The first-order valence-electron chi connectivity index (χ1n) is 6.21. The Hall–Kier alpha value is -2.02. The van der Waals surface area contributed by atoms with Gasteiger partial charge in [0.15, 0.2) is 0 Å². The largest absolute Gasteiger partial charge is 0.357 e. The molecule has 106 valence electrons. The highest BCUT2D eigenvalue weighted by molar-refractivity contribution is 7.11. The minimum Gasteiger partial charge on any atom is -0.357 e. The van der Waals surface area contributed by atoms with Crippen molar-refractivity contribution in [2.75, 3.05) is 5.32 Å². The molecule has 0 radical (unpaired) electrons. The van der Waals surface area contributed by atoms with Crippen LogP contribution in [-0.4, -0.2) is 14.9 Å². The van der Waals surface area contributed by atoms with Crippen molar-refractivity contribution in [3.63, 3.8) is 0 Å². The highest BCUT2D eigenvalue weighted by Gasteiger charge is 2.20. The van der Waals surface area contributed by atoms with Gasteiger partial charge in [-0.05, 0) is 33.8 Å². The fourth-order valence-corrected chi connectivity index (χ4v) is 2.95. The molecule has 0 amide bonds. The van der Waals surface area contributed by atoms with Crippen molar-refractivity contribution < 1.29 is 4.92 Å². The van der Waals surface area contributed by atoms with Crippen LogP contribution in [0.4, 0.5) is 11.5 Å². The van der Waals surface area contributed by atoms with Crippen molar-refractivity contribution in [3.05, 3.63) is 43.5 Å². The smallest absolute Gasteiger partial charge is 0.311 e. The second-order valence-electron chi connectivity index (χ2n) is 4.63. The van der Waals surface area contributed by atoms with Crippen molar-refractivity contribution in [3.8, 4) is 0 Å². The lowest BCUT2D eigenvalue weighted by molar-refractivity contribution is -0.384. The van der Waals surface area contributed by atoms with Gasteiger partial charge in [0.2, 0.25) is 5.82 Å². The van der Waals surface area contributed by atoms with E-state index in [2.05, 4.69) is 15.3 Å². The maximum Gasteiger partial charge on any atom is 0.311 e. The van der Waals surface area contributed by atoms with Gasteiger partial charge in [-0.25, -0.2) is 9.97 Å². The number of aromatic nitrogens is 2. The highest BCUT2D eigenvalue weighted by atomic mass is 32.1. The van der Waals surface area contributed by atoms with Crippen LogP contribution in [0.15, 0.2) is 12.1 Å². The Kier molecular flexibility index (Phi) is 3.99. The number of nitrogens with zero attached hydrogens (tertiary/aromatic N) is 3. The number of rotatable bonds is 4. The molecule has 2 aromatic heterocycles. The van der Waals surface area contributed by atoms with Gasteiger partial charge in [-0.2, -0.15) is 0 Å². The molecule has 0 fully saturated rings. The van der Waals surface area contributed by atoms with Crippen molar-refractivity contribution in [1.29, 1.82) is 0 Å². The Morgan fingerprint density at radius 3 is 2.55 bits per heavy atom. The van der Waals surface area contributed by atoms with E-state index < -0.39 is 4.92 Å². The molecule has 1 N–H and O–H groups in total. The van der Waals surface area contributed by atoms with Crippen molar-refractivity contribution in [2.45, 2.75) is 33.7 Å². The Morgan fingerprint density at radius 1 is 1.30 bits per heavy atom. The molecule has 0 aromatic carbocycles. The monoisotopic (exact) mass is 292 g/mol. The number of nitro groups is 1. The summed E-state index contributed by atoms with van der Waals surface area (Å²) in [5.41, 5.74) is 1.67. The lowest BCUT2D eigenvalue weighted by atomic mass is 10.2. The molecule has 0 spiro atoms. The van der Waals surface area contributed by atoms with E-state index >= 15 is 0 Å². The highest BCUT2D eigenvalue weighted by Crippen LogP contribution is 2.30. The minimum atomic E-state index is -0.424. The summed E-state index contributed by atoms with van der Waals surface area (Å²) in [7, 11) is 0. The van der Waals surface area contributed by atoms with E-state index in [1.807, 2.05) is 27.7 Å². The first-order valence-corrected chi connectivity index (χ1v) is 7.02. The number of hydrogen-bond donors (Lipinski definition) is 1. The summed E-state index contributed by atoms with van der Waals surface area (Å²) in [6, 6.07) is 3.03. The summed E-state index contributed by atoms with van der Waals surface area (Å²) in [5, 5.41) is 15.1. The van der Waals surface area contributed by atoms with Crippen LogP contribution in [0.25, 0.3) is 0 Å². The van der Waals surface area contributed by atoms with Crippen LogP contribution in [0.1, 0.15) is 34.2 Å². The standard InChI is InChI=1S/C13H16N4O2S/c1-7-5-6-11(17(18)19)13(14-7)16-9(3)12-8(2)15-10(4)20-12/h5-6,9H,1-4H3,(H,14,16). The fraction of sp³-hybridized carbons (Fsp3) is 0.385. The predicted octanol–water partition coefficient (Wildman–Crippen LogP) is 3.54. The van der Waals surface area contributed by atoms with Crippen molar-refractivity contribution in [2.24, 2.45) is 0 Å². The molecule has 6 nitrogen and oxygen atoms in total. The first-order chi connectivity index (χ1) is 9.38. The van der Waals surface area contributed by atoms with E-state index in [0.717, 1.165) is 21.3 Å². The van der Waals surface area contributed by atoms with Gasteiger partial charge < -0.3 is 5.32 Å². The zero-order valence-corrected chi connectivity index (χ0v) is 12.6. The van der Waals surface area contributed by atoms with Crippen molar-refractivity contribution in [1.82, 2.24) is 9.97 Å². The number of hydrogen-bond acceptors (Lipinski definition) is 6. The average Bonchev–Trinajstić information content (AvgIpc) is 2.68. The molecule has 0 aliphatic carbocycles. The van der Waals surface area contributed by atoms with Crippen LogP contribution < -0.4 is 5.32 Å². The third-order valence-electron chi connectivity index (χ3n) is 2.90. The third kappa shape index (κ3) is 2.93. The summed E-state index contributed by atoms with van der Waals surface area (Å²) in [4.78, 5) is 20.3. The number of aryl methyl sites for hydroxylation is 3. The Morgan fingerprint density at radius 2 is 2.00 bits per heavy atom. The molecule has 2 heterocycles. The van der Waals surface area contributed by atoms with Gasteiger partial charge in [0.25, 0.3) is 0 Å². The summed E-state index contributed by atoms with van der Waals surface area (Å²) >= 11 is 1.59. The average molecular weight is 292 g/mol. The molecule has 0 aliphatic heterocycles. The summed E-state index contributed by atoms with van der Waals surface area (Å²) in [6.45, 7) is 7.64. The molecule has 1 unspecified atom stereocenters. The number of nitrogens with one attached hydrogen (secondary N) is 1. The van der Waals surface area contributed by atoms with Gasteiger partial charge >= 0.3 is 5.69 Å². The molecule has 2 aromatic rings. The van der Waals surface area contributed by atoms with E-state index in [1.54, 1.807) is 17.4 Å². The van der Waals surface area contributed by atoms with Crippen LogP contribution in [0, 0.1) is 30.9 Å². The summed E-state index contributed by atoms with van der Waals surface area (Å²) in [5.74, 6) is 0.299. The molecule has 2 rings (SSSR count). The minimum absolute atomic E-state index is 0.0126. The number of pyridine rings is 1. The van der Waals surface area contributed by atoms with E-state index in [4.69, 9.17) is 0 Å². The lowest BCUT2D eigenvalue weighted by Gasteiger charge is -2.14. The molecule has 0 bridgehead atoms. The first kappa shape index (κ1) is 14.4. The molecule has 20 heavy (non-hydrogen) atoms. The maximum atomic E-state index is 11.0. The van der Waals surface area contributed by atoms with Gasteiger partial charge in [-0.15, -0.1) is 11.3 Å². The normalized spacial score (nSPS) is 12.2. The van der Waals surface area contributed by atoms with Gasteiger partial charge in [0.1, 0.15) is 0 Å². The maximum absolute atomic E-state index is 11.0. The van der Waals surface area contributed by atoms with E-state index in [0.29, 0.717) is 5.82 Å². The van der Waals surface area contributed by atoms with E-state index in [-0.39, 0.29) is 11.7 Å². The number of anilines is 1. The van der Waals surface area contributed by atoms with Crippen LogP contribution in [0.3, 0.4) is 0 Å². The Labute approximate surface area is 121 Å². The van der Waals surface area contributed by atoms with Crippen LogP contribution in [-0.2, 0) is 0 Å². The molecule has 0 aliphatic rings. The number of thiazole rings is 1.